The van der Waals surface area contributed by atoms with Gasteiger partial charge in [0.25, 0.3) is 11.8 Å². The van der Waals surface area contributed by atoms with Gasteiger partial charge in [0.05, 0.1) is 18.7 Å². The average Bonchev–Trinajstić information content (AvgIpc) is 3.52. The molecule has 226 valence electrons. The van der Waals surface area contributed by atoms with Crippen LogP contribution in [0.4, 0.5) is 4.79 Å². The van der Waals surface area contributed by atoms with E-state index in [2.05, 4.69) is 15.6 Å². The molecule has 13 nitrogen and oxygen atoms in total. The summed E-state index contributed by atoms with van der Waals surface area (Å²) in [7, 11) is 1.54. The number of likely N-dealkylation sites (tertiary alicyclic amines) is 1. The summed E-state index contributed by atoms with van der Waals surface area (Å²) in [6.07, 6.45) is 2.68. The minimum Gasteiger partial charge on any atom is -0.483 e. The van der Waals surface area contributed by atoms with E-state index in [1.54, 1.807) is 34.1 Å². The third kappa shape index (κ3) is 7.45. The van der Waals surface area contributed by atoms with E-state index in [1.165, 1.54) is 18.0 Å². The molecule has 1 atom stereocenters. The maximum absolute atomic E-state index is 13.0. The molecule has 2 aliphatic rings. The van der Waals surface area contributed by atoms with Crippen LogP contribution in [0.1, 0.15) is 43.1 Å². The van der Waals surface area contributed by atoms with Crippen LogP contribution in [-0.2, 0) is 19.1 Å². The van der Waals surface area contributed by atoms with Crippen LogP contribution in [0.2, 0.25) is 0 Å². The first-order chi connectivity index (χ1) is 20.3. The second-order valence-corrected chi connectivity index (χ2v) is 10.2. The van der Waals surface area contributed by atoms with Crippen molar-refractivity contribution in [1.82, 2.24) is 30.3 Å². The predicted molar refractivity (Wildman–Crippen MR) is 153 cm³/mol. The molecule has 0 radical (unpaired) electrons. The summed E-state index contributed by atoms with van der Waals surface area (Å²) in [5, 5.41) is 5.83. The standard InChI is InChI=1S/C29H38N6O7/c1-3-4-16-41-29(40)34-14-12-33(13-15-34)25(36)18-31-27(38)22-17-24(20-8-5-6-9-21(20)32-22)42-19-26(37)35-11-7-10-23(35)28(39)30-2/h5-6,8-9,17,23H,3-4,7,10-16,18-19H2,1-2H3,(H,30,39)(H,31,38). The van der Waals surface area contributed by atoms with Gasteiger partial charge in [0, 0.05) is 51.2 Å². The van der Waals surface area contributed by atoms with Gasteiger partial charge < -0.3 is 34.8 Å². The Bertz CT molecular complexity index is 1310. The molecule has 0 saturated carbocycles. The number of unbranched alkanes of at least 4 members (excludes halogenated alkanes) is 1. The largest absolute Gasteiger partial charge is 0.483 e. The fourth-order valence-corrected chi connectivity index (χ4v) is 5.00. The number of amides is 5. The lowest BCUT2D eigenvalue weighted by molar-refractivity contribution is -0.139. The van der Waals surface area contributed by atoms with Gasteiger partial charge in [-0.25, -0.2) is 9.78 Å². The number of carbonyl (C=O) groups is 5. The summed E-state index contributed by atoms with van der Waals surface area (Å²) >= 11 is 0. The summed E-state index contributed by atoms with van der Waals surface area (Å²) < 4.78 is 11.1. The number of pyridine rings is 1. The van der Waals surface area contributed by atoms with Crippen LogP contribution in [0, 0.1) is 0 Å². The van der Waals surface area contributed by atoms with E-state index in [4.69, 9.17) is 9.47 Å². The topological polar surface area (TPSA) is 150 Å². The zero-order valence-corrected chi connectivity index (χ0v) is 24.1. The molecule has 2 aliphatic heterocycles. The first kappa shape index (κ1) is 30.5. The highest BCUT2D eigenvalue weighted by Gasteiger charge is 2.33. The number of likely N-dealkylation sites (N-methyl/N-ethyl adjacent to an activating group) is 1. The Morgan fingerprint density at radius 1 is 1.00 bits per heavy atom. The number of aromatic nitrogens is 1. The second kappa shape index (κ2) is 14.5. The number of fused-ring (bicyclic) bond motifs is 1. The van der Waals surface area contributed by atoms with Crippen LogP contribution in [0.15, 0.2) is 30.3 Å². The van der Waals surface area contributed by atoms with Gasteiger partial charge in [-0.15, -0.1) is 0 Å². The number of hydrogen-bond donors (Lipinski definition) is 2. The van der Waals surface area contributed by atoms with Gasteiger partial charge in [-0.3, -0.25) is 19.2 Å². The smallest absolute Gasteiger partial charge is 0.409 e. The van der Waals surface area contributed by atoms with Gasteiger partial charge in [-0.2, -0.15) is 0 Å². The van der Waals surface area contributed by atoms with Crippen molar-refractivity contribution in [2.45, 2.75) is 38.6 Å². The van der Waals surface area contributed by atoms with E-state index in [9.17, 15) is 24.0 Å². The van der Waals surface area contributed by atoms with Gasteiger partial charge in [0.15, 0.2) is 6.61 Å². The molecule has 1 unspecified atom stereocenters. The number of benzene rings is 1. The number of nitrogens with zero attached hydrogens (tertiary/aromatic N) is 4. The van der Waals surface area contributed by atoms with E-state index in [0.29, 0.717) is 62.4 Å². The highest BCUT2D eigenvalue weighted by atomic mass is 16.6. The van der Waals surface area contributed by atoms with Gasteiger partial charge in [0.2, 0.25) is 11.8 Å². The van der Waals surface area contributed by atoms with Crippen molar-refractivity contribution in [1.29, 1.82) is 0 Å². The summed E-state index contributed by atoms with van der Waals surface area (Å²) in [6.45, 7) is 3.72. The number of ether oxygens (including phenoxy) is 2. The quantitative estimate of drug-likeness (QED) is 0.396. The maximum atomic E-state index is 13.0. The molecular formula is C29H38N6O7. The van der Waals surface area contributed by atoms with Crippen LogP contribution >= 0.6 is 0 Å². The van der Waals surface area contributed by atoms with Gasteiger partial charge in [-0.1, -0.05) is 25.5 Å². The van der Waals surface area contributed by atoms with Crippen LogP contribution in [0.25, 0.3) is 10.9 Å². The van der Waals surface area contributed by atoms with Gasteiger partial charge in [0.1, 0.15) is 17.5 Å². The molecule has 0 aliphatic carbocycles. The maximum Gasteiger partial charge on any atom is 0.409 e. The van der Waals surface area contributed by atoms with Crippen LogP contribution in [0.3, 0.4) is 0 Å². The van der Waals surface area contributed by atoms with Crippen molar-refractivity contribution >= 4 is 40.6 Å². The Hall–Kier alpha value is -4.42. The number of carbonyl (C=O) groups excluding carboxylic acids is 5. The SMILES string of the molecule is CCCCOC(=O)N1CCN(C(=O)CNC(=O)c2cc(OCC(=O)N3CCCC3C(=O)NC)c3ccccc3n2)CC1. The van der Waals surface area contributed by atoms with Crippen LogP contribution in [-0.4, -0.2) is 115 Å². The number of hydrogen-bond acceptors (Lipinski definition) is 8. The zero-order chi connectivity index (χ0) is 30.1. The molecule has 42 heavy (non-hydrogen) atoms. The Labute approximate surface area is 244 Å². The molecule has 2 aromatic rings. The van der Waals surface area contributed by atoms with Crippen molar-refractivity contribution in [2.24, 2.45) is 0 Å². The van der Waals surface area contributed by atoms with Crippen LogP contribution in [0.5, 0.6) is 5.75 Å². The number of rotatable bonds is 10. The van der Waals surface area contributed by atoms with E-state index < -0.39 is 11.9 Å². The van der Waals surface area contributed by atoms with Crippen molar-refractivity contribution < 1.29 is 33.4 Å². The zero-order valence-electron chi connectivity index (χ0n) is 24.1. The fraction of sp³-hybridized carbons (Fsp3) is 0.517. The van der Waals surface area contributed by atoms with Crippen molar-refractivity contribution in [3.05, 3.63) is 36.0 Å². The lowest BCUT2D eigenvalue weighted by Gasteiger charge is -2.34. The first-order valence-electron chi connectivity index (χ1n) is 14.3. The van der Waals surface area contributed by atoms with E-state index in [1.807, 2.05) is 6.92 Å². The number of piperazine rings is 1. The minimum absolute atomic E-state index is 0.0352. The third-order valence-corrected chi connectivity index (χ3v) is 7.40. The number of nitrogens with one attached hydrogen (secondary N) is 2. The lowest BCUT2D eigenvalue weighted by Crippen LogP contribution is -2.52. The summed E-state index contributed by atoms with van der Waals surface area (Å²) in [5.74, 6) is -1.09. The predicted octanol–water partition coefficient (Wildman–Crippen LogP) is 1.16. The Kier molecular flexibility index (Phi) is 10.5. The average molecular weight is 583 g/mol. The van der Waals surface area contributed by atoms with E-state index >= 15 is 0 Å². The molecule has 5 amide bonds. The molecule has 3 heterocycles. The van der Waals surface area contributed by atoms with Crippen molar-refractivity contribution in [3.63, 3.8) is 0 Å². The minimum atomic E-state index is -0.567. The molecule has 1 aromatic heterocycles. The Balaban J connectivity index is 1.34. The van der Waals surface area contributed by atoms with E-state index in [0.717, 1.165) is 19.3 Å². The molecule has 4 rings (SSSR count). The molecule has 2 N–H and O–H groups in total. The Morgan fingerprint density at radius 3 is 2.48 bits per heavy atom. The molecule has 2 fully saturated rings. The molecule has 1 aromatic carbocycles. The molecule has 2 saturated heterocycles. The van der Waals surface area contributed by atoms with E-state index in [-0.39, 0.29) is 42.7 Å². The summed E-state index contributed by atoms with van der Waals surface area (Å²) in [4.78, 5) is 72.0. The number of para-hydroxylation sites is 1. The van der Waals surface area contributed by atoms with Gasteiger partial charge in [-0.05, 0) is 31.4 Å². The summed E-state index contributed by atoms with van der Waals surface area (Å²) in [6, 6.07) is 7.98. The first-order valence-corrected chi connectivity index (χ1v) is 14.3. The molecule has 0 bridgehead atoms. The highest BCUT2D eigenvalue weighted by Crippen LogP contribution is 2.26. The third-order valence-electron chi connectivity index (χ3n) is 7.40. The molecule has 13 heteroatoms. The highest BCUT2D eigenvalue weighted by molar-refractivity contribution is 5.98. The lowest BCUT2D eigenvalue weighted by atomic mass is 10.1. The second-order valence-electron chi connectivity index (χ2n) is 10.2. The monoisotopic (exact) mass is 582 g/mol. The molecular weight excluding hydrogens is 544 g/mol. The fourth-order valence-electron chi connectivity index (χ4n) is 5.00. The summed E-state index contributed by atoms with van der Waals surface area (Å²) in [5.41, 5.74) is 0.526. The van der Waals surface area contributed by atoms with Gasteiger partial charge >= 0.3 is 6.09 Å². The Morgan fingerprint density at radius 2 is 1.74 bits per heavy atom. The van der Waals surface area contributed by atoms with Crippen LogP contribution < -0.4 is 15.4 Å². The van der Waals surface area contributed by atoms with Crippen molar-refractivity contribution in [2.75, 3.05) is 59.5 Å². The molecule has 0 spiro atoms. The normalized spacial score (nSPS) is 16.7. The van der Waals surface area contributed by atoms with Crippen molar-refractivity contribution in [3.8, 4) is 5.75 Å².